The first-order valence-electron chi connectivity index (χ1n) is 6.93. The molecular weight excluding hydrogens is 302 g/mol. The van der Waals surface area contributed by atoms with E-state index in [1.807, 2.05) is 19.1 Å². The van der Waals surface area contributed by atoms with Crippen molar-refractivity contribution >= 4 is 23.3 Å². The van der Waals surface area contributed by atoms with E-state index in [1.165, 1.54) is 0 Å². The Balaban J connectivity index is 2.05. The van der Waals surface area contributed by atoms with Crippen molar-refractivity contribution in [3.63, 3.8) is 0 Å². The summed E-state index contributed by atoms with van der Waals surface area (Å²) in [5.41, 5.74) is 1.55. The van der Waals surface area contributed by atoms with Gasteiger partial charge >= 0.3 is 6.03 Å². The number of anilines is 1. The van der Waals surface area contributed by atoms with Crippen LogP contribution in [0.1, 0.15) is 12.5 Å². The van der Waals surface area contributed by atoms with Crippen LogP contribution in [0, 0.1) is 0 Å². The Bertz CT molecular complexity index is 635. The number of carbonyl (C=O) groups is 1. The zero-order valence-corrected chi connectivity index (χ0v) is 13.3. The van der Waals surface area contributed by atoms with Crippen LogP contribution in [0.15, 0.2) is 42.7 Å². The number of hydrogen-bond donors (Lipinski definition) is 1. The lowest BCUT2D eigenvalue weighted by Gasteiger charge is -2.19. The third-order valence-corrected chi connectivity index (χ3v) is 3.21. The Hall–Kier alpha value is -2.27. The molecule has 2 rings (SSSR count). The van der Waals surface area contributed by atoms with Crippen LogP contribution in [-0.2, 0) is 6.54 Å². The molecule has 2 aromatic rings. The molecule has 0 spiro atoms. The Morgan fingerprint density at radius 1 is 1.41 bits per heavy atom. The molecule has 1 N–H and O–H groups in total. The van der Waals surface area contributed by atoms with E-state index >= 15 is 0 Å². The molecule has 2 amide bonds. The quantitative estimate of drug-likeness (QED) is 0.912. The maximum Gasteiger partial charge on any atom is 0.321 e. The predicted molar refractivity (Wildman–Crippen MR) is 87.3 cm³/mol. The van der Waals surface area contributed by atoms with E-state index in [1.54, 1.807) is 42.5 Å². The van der Waals surface area contributed by atoms with Crippen molar-refractivity contribution in [2.45, 2.75) is 13.5 Å². The molecule has 6 heteroatoms. The fourth-order valence-electron chi connectivity index (χ4n) is 1.92. The molecule has 1 aromatic heterocycles. The van der Waals surface area contributed by atoms with Crippen LogP contribution in [0.5, 0.6) is 5.75 Å². The van der Waals surface area contributed by atoms with Crippen LogP contribution < -0.4 is 10.1 Å². The standard InChI is InChI=1S/C16H18ClN3O2/c1-3-22-15-9-13(17)6-7-14(15)19-16(21)20(2)11-12-5-4-8-18-10-12/h4-10H,3,11H2,1-2H3,(H,19,21). The molecule has 0 aliphatic heterocycles. The Morgan fingerprint density at radius 3 is 2.91 bits per heavy atom. The van der Waals surface area contributed by atoms with E-state index in [2.05, 4.69) is 10.3 Å². The minimum Gasteiger partial charge on any atom is -0.492 e. The van der Waals surface area contributed by atoms with Gasteiger partial charge in [-0.15, -0.1) is 0 Å². The number of aromatic nitrogens is 1. The minimum absolute atomic E-state index is 0.230. The van der Waals surface area contributed by atoms with E-state index in [-0.39, 0.29) is 6.03 Å². The van der Waals surface area contributed by atoms with Crippen LogP contribution in [0.4, 0.5) is 10.5 Å². The Morgan fingerprint density at radius 2 is 2.23 bits per heavy atom. The average Bonchev–Trinajstić information content (AvgIpc) is 2.51. The summed E-state index contributed by atoms with van der Waals surface area (Å²) in [4.78, 5) is 17.9. The molecule has 0 saturated heterocycles. The molecule has 0 aliphatic rings. The maximum absolute atomic E-state index is 12.3. The number of rotatable bonds is 5. The molecule has 0 atom stereocenters. The first-order chi connectivity index (χ1) is 10.6. The maximum atomic E-state index is 12.3. The first-order valence-corrected chi connectivity index (χ1v) is 7.31. The number of nitrogens with one attached hydrogen (secondary N) is 1. The SMILES string of the molecule is CCOc1cc(Cl)ccc1NC(=O)N(C)Cc1cccnc1. The molecule has 0 unspecified atom stereocenters. The van der Waals surface area contributed by atoms with Crippen molar-refractivity contribution in [1.29, 1.82) is 0 Å². The third-order valence-electron chi connectivity index (χ3n) is 2.97. The summed E-state index contributed by atoms with van der Waals surface area (Å²) >= 11 is 5.95. The number of urea groups is 1. The van der Waals surface area contributed by atoms with Crippen LogP contribution in [0.3, 0.4) is 0 Å². The van der Waals surface area contributed by atoms with Gasteiger partial charge < -0.3 is 15.0 Å². The van der Waals surface area contributed by atoms with Crippen molar-refractivity contribution in [3.8, 4) is 5.75 Å². The molecule has 5 nitrogen and oxygen atoms in total. The zero-order chi connectivity index (χ0) is 15.9. The summed E-state index contributed by atoms with van der Waals surface area (Å²) in [6.45, 7) is 2.84. The largest absolute Gasteiger partial charge is 0.492 e. The Labute approximate surface area is 134 Å². The fourth-order valence-corrected chi connectivity index (χ4v) is 2.08. The lowest BCUT2D eigenvalue weighted by Crippen LogP contribution is -2.31. The van der Waals surface area contributed by atoms with E-state index in [9.17, 15) is 4.79 Å². The molecular formula is C16H18ClN3O2. The van der Waals surface area contributed by atoms with Crippen LogP contribution >= 0.6 is 11.6 Å². The predicted octanol–water partition coefficient (Wildman–Crippen LogP) is 3.80. The first kappa shape index (κ1) is 16.1. The highest BCUT2D eigenvalue weighted by Crippen LogP contribution is 2.28. The summed E-state index contributed by atoms with van der Waals surface area (Å²) in [6, 6.07) is 8.65. The van der Waals surface area contributed by atoms with Gasteiger partial charge in [0.2, 0.25) is 0 Å². The summed E-state index contributed by atoms with van der Waals surface area (Å²) in [5, 5.41) is 3.39. The second kappa shape index (κ2) is 7.66. The number of amides is 2. The average molecular weight is 320 g/mol. The third kappa shape index (κ3) is 4.36. The van der Waals surface area contributed by atoms with Crippen LogP contribution in [0.2, 0.25) is 5.02 Å². The van der Waals surface area contributed by atoms with Gasteiger partial charge in [0.1, 0.15) is 5.75 Å². The van der Waals surface area contributed by atoms with Gasteiger partial charge in [-0.3, -0.25) is 4.98 Å². The Kier molecular flexibility index (Phi) is 5.61. The number of nitrogens with zero attached hydrogens (tertiary/aromatic N) is 2. The van der Waals surface area contributed by atoms with E-state index in [4.69, 9.17) is 16.3 Å². The zero-order valence-electron chi connectivity index (χ0n) is 12.5. The summed E-state index contributed by atoms with van der Waals surface area (Å²) < 4.78 is 5.49. The molecule has 0 saturated carbocycles. The van der Waals surface area contributed by atoms with E-state index in [0.29, 0.717) is 29.6 Å². The highest BCUT2D eigenvalue weighted by Gasteiger charge is 2.12. The second-order valence-corrected chi connectivity index (χ2v) is 5.16. The van der Waals surface area contributed by atoms with Crippen molar-refractivity contribution < 1.29 is 9.53 Å². The number of hydrogen-bond acceptors (Lipinski definition) is 3. The van der Waals surface area contributed by atoms with Gasteiger partial charge in [0.25, 0.3) is 0 Å². The van der Waals surface area contributed by atoms with Gasteiger partial charge in [0.05, 0.1) is 12.3 Å². The van der Waals surface area contributed by atoms with Crippen molar-refractivity contribution in [2.75, 3.05) is 19.0 Å². The molecule has 116 valence electrons. The van der Waals surface area contributed by atoms with E-state index in [0.717, 1.165) is 5.56 Å². The topological polar surface area (TPSA) is 54.5 Å². The fraction of sp³-hybridized carbons (Fsp3) is 0.250. The van der Waals surface area contributed by atoms with Gasteiger partial charge in [-0.25, -0.2) is 4.79 Å². The minimum atomic E-state index is -0.230. The molecule has 1 heterocycles. The van der Waals surface area contributed by atoms with Gasteiger partial charge in [-0.2, -0.15) is 0 Å². The van der Waals surface area contributed by atoms with Gasteiger partial charge in [-0.1, -0.05) is 17.7 Å². The van der Waals surface area contributed by atoms with Crippen molar-refractivity contribution in [1.82, 2.24) is 9.88 Å². The monoisotopic (exact) mass is 319 g/mol. The van der Waals surface area contributed by atoms with Gasteiger partial charge in [-0.05, 0) is 30.7 Å². The normalized spacial score (nSPS) is 10.1. The molecule has 22 heavy (non-hydrogen) atoms. The number of benzene rings is 1. The molecule has 0 aliphatic carbocycles. The number of carbonyl (C=O) groups excluding carboxylic acids is 1. The number of ether oxygens (including phenoxy) is 1. The summed E-state index contributed by atoms with van der Waals surface area (Å²) in [5.74, 6) is 0.554. The molecule has 1 aromatic carbocycles. The van der Waals surface area contributed by atoms with Gasteiger partial charge in [0.15, 0.2) is 0 Å². The number of halogens is 1. The van der Waals surface area contributed by atoms with E-state index < -0.39 is 0 Å². The summed E-state index contributed by atoms with van der Waals surface area (Å²) in [6.07, 6.45) is 3.43. The van der Waals surface area contributed by atoms with Crippen LogP contribution in [-0.4, -0.2) is 29.6 Å². The second-order valence-electron chi connectivity index (χ2n) is 4.72. The van der Waals surface area contributed by atoms with Crippen molar-refractivity contribution in [3.05, 3.63) is 53.3 Å². The molecule has 0 bridgehead atoms. The molecule has 0 fully saturated rings. The van der Waals surface area contributed by atoms with Crippen LogP contribution in [0.25, 0.3) is 0 Å². The van der Waals surface area contributed by atoms with Gasteiger partial charge in [0, 0.05) is 37.1 Å². The lowest BCUT2D eigenvalue weighted by atomic mass is 10.2. The molecule has 0 radical (unpaired) electrons. The highest BCUT2D eigenvalue weighted by molar-refractivity contribution is 6.30. The highest BCUT2D eigenvalue weighted by atomic mass is 35.5. The summed E-state index contributed by atoms with van der Waals surface area (Å²) in [7, 11) is 1.72. The van der Waals surface area contributed by atoms with Crippen molar-refractivity contribution in [2.24, 2.45) is 0 Å². The smallest absolute Gasteiger partial charge is 0.321 e. The number of pyridine rings is 1. The lowest BCUT2D eigenvalue weighted by molar-refractivity contribution is 0.220.